The van der Waals surface area contributed by atoms with Crippen LogP contribution in [-0.4, -0.2) is 29.1 Å². The van der Waals surface area contributed by atoms with Gasteiger partial charge in [0.1, 0.15) is 11.6 Å². The monoisotopic (exact) mass is 315 g/mol. The molecule has 0 saturated heterocycles. The quantitative estimate of drug-likeness (QED) is 0.354. The van der Waals surface area contributed by atoms with Gasteiger partial charge in [0.15, 0.2) is 5.96 Å². The van der Waals surface area contributed by atoms with Crippen molar-refractivity contribution in [2.45, 2.75) is 32.1 Å². The molecule has 0 spiro atoms. The lowest BCUT2D eigenvalue weighted by atomic mass is 10.1. The number of aliphatic imine (C=N–C) groups is 1. The molecule has 6 nitrogen and oxygen atoms in total. The van der Waals surface area contributed by atoms with Gasteiger partial charge in [0, 0.05) is 25.4 Å². The van der Waals surface area contributed by atoms with Gasteiger partial charge in [-0.1, -0.05) is 12.1 Å². The number of benzene rings is 1. The summed E-state index contributed by atoms with van der Waals surface area (Å²) < 4.78 is 5.74. The zero-order chi connectivity index (χ0) is 16.3. The van der Waals surface area contributed by atoms with Crippen molar-refractivity contribution in [3.63, 3.8) is 0 Å². The number of guanidine groups is 1. The van der Waals surface area contributed by atoms with Crippen LogP contribution in [0.2, 0.25) is 0 Å². The van der Waals surface area contributed by atoms with Crippen molar-refractivity contribution in [2.24, 2.45) is 16.5 Å². The highest BCUT2D eigenvalue weighted by molar-refractivity contribution is 5.75. The van der Waals surface area contributed by atoms with E-state index >= 15 is 0 Å². The first-order valence-electron chi connectivity index (χ1n) is 7.99. The Kier molecular flexibility index (Phi) is 6.97. The number of nitrogens with one attached hydrogen (secondary N) is 1. The van der Waals surface area contributed by atoms with Crippen molar-refractivity contribution in [1.29, 1.82) is 0 Å². The maximum atomic E-state index is 5.74. The van der Waals surface area contributed by atoms with Gasteiger partial charge in [-0.05, 0) is 43.4 Å². The summed E-state index contributed by atoms with van der Waals surface area (Å²) >= 11 is 0. The zero-order valence-corrected chi connectivity index (χ0v) is 13.4. The Morgan fingerprint density at radius 3 is 2.61 bits per heavy atom. The van der Waals surface area contributed by atoms with Crippen molar-refractivity contribution in [3.05, 3.63) is 48.0 Å². The summed E-state index contributed by atoms with van der Waals surface area (Å²) in [7, 11) is 0. The van der Waals surface area contributed by atoms with E-state index in [2.05, 4.69) is 27.1 Å². The highest BCUT2D eigenvalue weighted by Gasteiger charge is 1.98. The Balaban J connectivity index is 1.61. The van der Waals surface area contributed by atoms with Gasteiger partial charge in [0.2, 0.25) is 0 Å². The third-order valence-electron chi connectivity index (χ3n) is 3.47. The van der Waals surface area contributed by atoms with E-state index in [-0.39, 0.29) is 5.96 Å². The molecule has 0 atom stereocenters. The second kappa shape index (κ2) is 9.50. The molecule has 2 rings (SSSR count). The summed E-state index contributed by atoms with van der Waals surface area (Å²) in [6.07, 6.45) is 8.54. The van der Waals surface area contributed by atoms with Gasteiger partial charge in [-0.25, -0.2) is 4.98 Å². The van der Waals surface area contributed by atoms with Gasteiger partial charge >= 0.3 is 0 Å². The minimum absolute atomic E-state index is 0.165. The number of aromatic amines is 1. The number of hydrogen-bond donors (Lipinski definition) is 3. The molecule has 0 aliphatic rings. The molecule has 0 radical (unpaired) electrons. The number of unbranched alkanes of at least 4 members (excludes halogenated alkanes) is 1. The Labute approximate surface area is 137 Å². The van der Waals surface area contributed by atoms with Gasteiger partial charge in [-0.2, -0.15) is 0 Å². The van der Waals surface area contributed by atoms with Crippen molar-refractivity contribution >= 4 is 5.96 Å². The van der Waals surface area contributed by atoms with Gasteiger partial charge in [-0.3, -0.25) is 4.99 Å². The maximum absolute atomic E-state index is 5.74. The van der Waals surface area contributed by atoms with Crippen LogP contribution in [0.15, 0.2) is 41.7 Å². The fourth-order valence-corrected chi connectivity index (χ4v) is 2.27. The molecule has 5 N–H and O–H groups in total. The molecule has 0 saturated carbocycles. The van der Waals surface area contributed by atoms with Crippen LogP contribution in [0.1, 0.15) is 30.7 Å². The molecule has 0 fully saturated rings. The molecule has 0 aliphatic heterocycles. The average Bonchev–Trinajstić information content (AvgIpc) is 3.06. The molecule has 124 valence electrons. The van der Waals surface area contributed by atoms with E-state index in [9.17, 15) is 0 Å². The van der Waals surface area contributed by atoms with Crippen LogP contribution in [0, 0.1) is 0 Å². The molecule has 0 amide bonds. The topological polar surface area (TPSA) is 102 Å². The van der Waals surface area contributed by atoms with E-state index in [1.807, 2.05) is 18.3 Å². The SMILES string of the molecule is NC(N)=NCCCCc1ccc(OCCCc2ncc[nH]2)cc1. The van der Waals surface area contributed by atoms with Gasteiger partial charge in [-0.15, -0.1) is 0 Å². The molecule has 23 heavy (non-hydrogen) atoms. The van der Waals surface area contributed by atoms with Crippen molar-refractivity contribution in [3.8, 4) is 5.75 Å². The van der Waals surface area contributed by atoms with E-state index in [0.717, 1.165) is 43.7 Å². The predicted molar refractivity (Wildman–Crippen MR) is 92.5 cm³/mol. The minimum atomic E-state index is 0.165. The molecule has 0 aliphatic carbocycles. The first kappa shape index (κ1) is 16.9. The summed E-state index contributed by atoms with van der Waals surface area (Å²) in [5, 5.41) is 0. The fourth-order valence-electron chi connectivity index (χ4n) is 2.27. The molecule has 2 aromatic rings. The lowest BCUT2D eigenvalue weighted by Gasteiger charge is -2.07. The third-order valence-corrected chi connectivity index (χ3v) is 3.47. The smallest absolute Gasteiger partial charge is 0.185 e. The summed E-state index contributed by atoms with van der Waals surface area (Å²) in [5.41, 5.74) is 11.9. The van der Waals surface area contributed by atoms with Crippen LogP contribution in [0.4, 0.5) is 0 Å². The van der Waals surface area contributed by atoms with E-state index in [0.29, 0.717) is 13.2 Å². The third kappa shape index (κ3) is 6.86. The molecular weight excluding hydrogens is 290 g/mol. The predicted octanol–water partition coefficient (Wildman–Crippen LogP) is 2.02. The summed E-state index contributed by atoms with van der Waals surface area (Å²) in [5.74, 6) is 2.08. The average molecular weight is 315 g/mol. The number of hydrogen-bond acceptors (Lipinski definition) is 3. The minimum Gasteiger partial charge on any atom is -0.494 e. The standard InChI is InChI=1S/C17H25N5O/c18-17(19)22-10-2-1-4-14-6-8-15(9-7-14)23-13-3-5-16-20-11-12-21-16/h6-9,11-12H,1-5,10,13H2,(H,20,21)(H4,18,19,22). The number of rotatable bonds is 10. The number of imidazole rings is 1. The van der Waals surface area contributed by atoms with Crippen molar-refractivity contribution in [2.75, 3.05) is 13.2 Å². The van der Waals surface area contributed by atoms with Gasteiger partial charge in [0.05, 0.1) is 6.61 Å². The molecule has 0 unspecified atom stereocenters. The number of nitrogens with two attached hydrogens (primary N) is 2. The molecule has 0 bridgehead atoms. The second-order valence-corrected chi connectivity index (χ2v) is 5.40. The van der Waals surface area contributed by atoms with Gasteiger partial charge in [0.25, 0.3) is 0 Å². The van der Waals surface area contributed by atoms with Crippen LogP contribution in [0.25, 0.3) is 0 Å². The summed E-state index contributed by atoms with van der Waals surface area (Å²) in [4.78, 5) is 11.3. The van der Waals surface area contributed by atoms with Crippen LogP contribution in [-0.2, 0) is 12.8 Å². The Bertz CT molecular complexity index is 574. The van der Waals surface area contributed by atoms with Gasteiger partial charge < -0.3 is 21.2 Å². The van der Waals surface area contributed by atoms with E-state index < -0.39 is 0 Å². The highest BCUT2D eigenvalue weighted by atomic mass is 16.5. The van der Waals surface area contributed by atoms with E-state index in [4.69, 9.17) is 16.2 Å². The number of ether oxygens (including phenoxy) is 1. The largest absolute Gasteiger partial charge is 0.494 e. The van der Waals surface area contributed by atoms with E-state index in [1.165, 1.54) is 5.56 Å². The number of aryl methyl sites for hydroxylation is 2. The number of H-pyrrole nitrogens is 1. The van der Waals surface area contributed by atoms with Crippen molar-refractivity contribution < 1.29 is 4.74 Å². The molecule has 6 heteroatoms. The van der Waals surface area contributed by atoms with E-state index in [1.54, 1.807) is 6.20 Å². The number of nitrogens with zero attached hydrogens (tertiary/aromatic N) is 2. The maximum Gasteiger partial charge on any atom is 0.185 e. The Morgan fingerprint density at radius 2 is 1.91 bits per heavy atom. The molecule has 1 aromatic heterocycles. The van der Waals surface area contributed by atoms with Crippen LogP contribution in [0.3, 0.4) is 0 Å². The lowest BCUT2D eigenvalue weighted by Crippen LogP contribution is -2.22. The zero-order valence-electron chi connectivity index (χ0n) is 13.4. The molecule has 1 aromatic carbocycles. The normalized spacial score (nSPS) is 10.4. The Morgan fingerprint density at radius 1 is 1.09 bits per heavy atom. The first-order valence-corrected chi connectivity index (χ1v) is 7.99. The van der Waals surface area contributed by atoms with Crippen LogP contribution >= 0.6 is 0 Å². The molecule has 1 heterocycles. The van der Waals surface area contributed by atoms with Crippen LogP contribution in [0.5, 0.6) is 5.75 Å². The summed E-state index contributed by atoms with van der Waals surface area (Å²) in [6.45, 7) is 1.39. The lowest BCUT2D eigenvalue weighted by molar-refractivity contribution is 0.310. The number of aromatic nitrogens is 2. The second-order valence-electron chi connectivity index (χ2n) is 5.40. The Hall–Kier alpha value is -2.50. The van der Waals surface area contributed by atoms with Crippen LogP contribution < -0.4 is 16.2 Å². The summed E-state index contributed by atoms with van der Waals surface area (Å²) in [6, 6.07) is 8.28. The molecular formula is C17H25N5O. The first-order chi connectivity index (χ1) is 11.2. The fraction of sp³-hybridized carbons (Fsp3) is 0.412. The van der Waals surface area contributed by atoms with Crippen molar-refractivity contribution in [1.82, 2.24) is 9.97 Å². The highest BCUT2D eigenvalue weighted by Crippen LogP contribution is 2.14.